The number of nitrogens with two attached hydrogens (primary N) is 1. The van der Waals surface area contributed by atoms with Crippen LogP contribution >= 0.6 is 0 Å². The molecular formula is C11H16FNO. The highest BCUT2D eigenvalue weighted by Crippen LogP contribution is 2.22. The van der Waals surface area contributed by atoms with Crippen LogP contribution < -0.4 is 10.5 Å². The lowest BCUT2D eigenvalue weighted by atomic mass is 10.0. The summed E-state index contributed by atoms with van der Waals surface area (Å²) >= 11 is 0. The van der Waals surface area contributed by atoms with Crippen LogP contribution in [0.5, 0.6) is 5.75 Å². The van der Waals surface area contributed by atoms with E-state index < -0.39 is 0 Å². The van der Waals surface area contributed by atoms with Crippen molar-refractivity contribution in [3.05, 3.63) is 29.6 Å². The summed E-state index contributed by atoms with van der Waals surface area (Å²) in [6.45, 7) is 2.05. The Balaban J connectivity index is 2.90. The van der Waals surface area contributed by atoms with Crippen LogP contribution in [0.15, 0.2) is 18.2 Å². The van der Waals surface area contributed by atoms with E-state index in [1.807, 2.05) is 0 Å². The first-order valence-corrected chi connectivity index (χ1v) is 4.77. The van der Waals surface area contributed by atoms with Crippen molar-refractivity contribution in [1.82, 2.24) is 0 Å². The summed E-state index contributed by atoms with van der Waals surface area (Å²) < 4.78 is 18.0. The molecule has 0 saturated carbocycles. The van der Waals surface area contributed by atoms with E-state index >= 15 is 0 Å². The van der Waals surface area contributed by atoms with E-state index in [-0.39, 0.29) is 11.9 Å². The molecule has 0 spiro atoms. The molecule has 0 saturated heterocycles. The molecule has 0 aliphatic rings. The molecule has 0 aromatic heterocycles. The molecule has 0 fully saturated rings. The minimum absolute atomic E-state index is 0.107. The molecule has 0 aliphatic heterocycles. The Morgan fingerprint density at radius 3 is 2.71 bits per heavy atom. The van der Waals surface area contributed by atoms with E-state index in [1.165, 1.54) is 19.2 Å². The molecule has 14 heavy (non-hydrogen) atoms. The van der Waals surface area contributed by atoms with Gasteiger partial charge in [0.25, 0.3) is 0 Å². The van der Waals surface area contributed by atoms with Gasteiger partial charge in [-0.2, -0.15) is 0 Å². The molecule has 2 nitrogen and oxygen atoms in total. The molecule has 3 heteroatoms. The van der Waals surface area contributed by atoms with Gasteiger partial charge in [-0.15, -0.1) is 0 Å². The van der Waals surface area contributed by atoms with Crippen LogP contribution in [0, 0.1) is 5.82 Å². The topological polar surface area (TPSA) is 35.2 Å². The Labute approximate surface area is 83.9 Å². The summed E-state index contributed by atoms with van der Waals surface area (Å²) in [5, 5.41) is 0. The van der Waals surface area contributed by atoms with Gasteiger partial charge in [-0.25, -0.2) is 4.39 Å². The Bertz CT molecular complexity index is 301. The Morgan fingerprint density at radius 2 is 2.14 bits per heavy atom. The molecule has 0 aliphatic carbocycles. The first-order chi connectivity index (χ1) is 6.67. The van der Waals surface area contributed by atoms with Gasteiger partial charge in [-0.05, 0) is 24.1 Å². The third-order valence-electron chi connectivity index (χ3n) is 2.16. The zero-order chi connectivity index (χ0) is 10.6. The predicted molar refractivity (Wildman–Crippen MR) is 54.8 cm³/mol. The number of rotatable bonds is 4. The molecule has 1 atom stereocenters. The molecule has 0 radical (unpaired) electrons. The van der Waals surface area contributed by atoms with Crippen molar-refractivity contribution in [2.45, 2.75) is 25.8 Å². The highest BCUT2D eigenvalue weighted by Gasteiger charge is 2.08. The second-order valence-electron chi connectivity index (χ2n) is 3.32. The van der Waals surface area contributed by atoms with Crippen molar-refractivity contribution in [3.63, 3.8) is 0 Å². The van der Waals surface area contributed by atoms with Crippen LogP contribution in [0.3, 0.4) is 0 Å². The first-order valence-electron chi connectivity index (χ1n) is 4.77. The van der Waals surface area contributed by atoms with Gasteiger partial charge in [-0.3, -0.25) is 0 Å². The summed E-state index contributed by atoms with van der Waals surface area (Å²) in [5.41, 5.74) is 6.67. The van der Waals surface area contributed by atoms with Gasteiger partial charge >= 0.3 is 0 Å². The van der Waals surface area contributed by atoms with Crippen LogP contribution in [0.25, 0.3) is 0 Å². The van der Waals surface area contributed by atoms with Crippen molar-refractivity contribution >= 4 is 0 Å². The average Bonchev–Trinajstić information content (AvgIpc) is 2.17. The van der Waals surface area contributed by atoms with Gasteiger partial charge in [0.15, 0.2) is 0 Å². The smallest absolute Gasteiger partial charge is 0.127 e. The van der Waals surface area contributed by atoms with Crippen molar-refractivity contribution in [2.75, 3.05) is 7.11 Å². The van der Waals surface area contributed by atoms with Crippen LogP contribution in [-0.2, 0) is 0 Å². The lowest BCUT2D eigenvalue weighted by Crippen LogP contribution is -2.10. The van der Waals surface area contributed by atoms with E-state index in [0.717, 1.165) is 18.4 Å². The fourth-order valence-corrected chi connectivity index (χ4v) is 1.39. The lowest BCUT2D eigenvalue weighted by molar-refractivity contribution is 0.409. The molecule has 1 aromatic carbocycles. The quantitative estimate of drug-likeness (QED) is 0.805. The molecule has 0 bridgehead atoms. The molecule has 1 rings (SSSR count). The van der Waals surface area contributed by atoms with Crippen molar-refractivity contribution in [3.8, 4) is 5.75 Å². The van der Waals surface area contributed by atoms with E-state index in [0.29, 0.717) is 5.75 Å². The summed E-state index contributed by atoms with van der Waals surface area (Å²) in [4.78, 5) is 0. The number of halogens is 1. The van der Waals surface area contributed by atoms with Gasteiger partial charge in [-0.1, -0.05) is 13.3 Å². The summed E-state index contributed by atoms with van der Waals surface area (Å²) in [7, 11) is 1.52. The fourth-order valence-electron chi connectivity index (χ4n) is 1.39. The zero-order valence-corrected chi connectivity index (χ0v) is 8.59. The third-order valence-corrected chi connectivity index (χ3v) is 2.16. The standard InChI is InChI=1S/C11H16FNO/c1-3-4-11(13)8-5-9(12)7-10(6-8)14-2/h5-7,11H,3-4,13H2,1-2H3. The van der Waals surface area contributed by atoms with Gasteiger partial charge in [0.1, 0.15) is 11.6 Å². The number of benzene rings is 1. The minimum Gasteiger partial charge on any atom is -0.497 e. The number of ether oxygens (including phenoxy) is 1. The van der Waals surface area contributed by atoms with Crippen molar-refractivity contribution in [1.29, 1.82) is 0 Å². The van der Waals surface area contributed by atoms with Gasteiger partial charge in [0.2, 0.25) is 0 Å². The van der Waals surface area contributed by atoms with E-state index in [9.17, 15) is 4.39 Å². The van der Waals surface area contributed by atoms with Gasteiger partial charge < -0.3 is 10.5 Å². The van der Waals surface area contributed by atoms with Crippen molar-refractivity contribution in [2.24, 2.45) is 5.73 Å². The first kappa shape index (κ1) is 11.0. The highest BCUT2D eigenvalue weighted by atomic mass is 19.1. The Morgan fingerprint density at radius 1 is 1.43 bits per heavy atom. The van der Waals surface area contributed by atoms with E-state index in [2.05, 4.69) is 6.92 Å². The fraction of sp³-hybridized carbons (Fsp3) is 0.455. The largest absolute Gasteiger partial charge is 0.497 e. The highest BCUT2D eigenvalue weighted by molar-refractivity contribution is 5.31. The van der Waals surface area contributed by atoms with Crippen LogP contribution in [0.2, 0.25) is 0 Å². The molecule has 1 unspecified atom stereocenters. The predicted octanol–water partition coefficient (Wildman–Crippen LogP) is 2.63. The average molecular weight is 197 g/mol. The number of hydrogen-bond acceptors (Lipinski definition) is 2. The van der Waals surface area contributed by atoms with Crippen LogP contribution in [0.1, 0.15) is 31.4 Å². The monoisotopic (exact) mass is 197 g/mol. The lowest BCUT2D eigenvalue weighted by Gasteiger charge is -2.12. The Kier molecular flexibility index (Phi) is 3.89. The van der Waals surface area contributed by atoms with Crippen LogP contribution in [-0.4, -0.2) is 7.11 Å². The Hall–Kier alpha value is -1.09. The molecule has 2 N–H and O–H groups in total. The van der Waals surface area contributed by atoms with E-state index in [1.54, 1.807) is 6.07 Å². The SMILES string of the molecule is CCCC(N)c1cc(F)cc(OC)c1. The summed E-state index contributed by atoms with van der Waals surface area (Å²) in [5.74, 6) is 0.220. The summed E-state index contributed by atoms with van der Waals surface area (Å²) in [6.07, 6.45) is 1.84. The maximum Gasteiger partial charge on any atom is 0.127 e. The van der Waals surface area contributed by atoms with Crippen molar-refractivity contribution < 1.29 is 9.13 Å². The van der Waals surface area contributed by atoms with Gasteiger partial charge in [0.05, 0.1) is 7.11 Å². The molecular weight excluding hydrogens is 181 g/mol. The van der Waals surface area contributed by atoms with E-state index in [4.69, 9.17) is 10.5 Å². The maximum atomic E-state index is 13.1. The molecule has 0 amide bonds. The minimum atomic E-state index is -0.300. The second-order valence-corrected chi connectivity index (χ2v) is 3.32. The molecule has 78 valence electrons. The summed E-state index contributed by atoms with van der Waals surface area (Å²) in [6, 6.07) is 4.48. The third kappa shape index (κ3) is 2.70. The second kappa shape index (κ2) is 4.96. The number of hydrogen-bond donors (Lipinski definition) is 1. The zero-order valence-electron chi connectivity index (χ0n) is 8.59. The maximum absolute atomic E-state index is 13.1. The van der Waals surface area contributed by atoms with Gasteiger partial charge in [0, 0.05) is 12.1 Å². The van der Waals surface area contributed by atoms with Crippen LogP contribution in [0.4, 0.5) is 4.39 Å². The molecule has 1 aromatic rings. The number of methoxy groups -OCH3 is 1. The normalized spacial score (nSPS) is 12.6. The molecule has 0 heterocycles.